The van der Waals surface area contributed by atoms with E-state index in [0.29, 0.717) is 18.4 Å². The average Bonchev–Trinajstić information content (AvgIpc) is 2.75. The second-order valence-electron chi connectivity index (χ2n) is 8.76. The number of amides is 1. The van der Waals surface area contributed by atoms with Gasteiger partial charge in [0, 0.05) is 55.0 Å². The molecular weight excluding hydrogens is 376 g/mol. The second-order valence-corrected chi connectivity index (χ2v) is 8.76. The summed E-state index contributed by atoms with van der Waals surface area (Å²) in [5.41, 5.74) is 3.01. The van der Waals surface area contributed by atoms with E-state index in [1.807, 2.05) is 13.0 Å². The van der Waals surface area contributed by atoms with Crippen LogP contribution in [0.2, 0.25) is 0 Å². The van der Waals surface area contributed by atoms with Crippen LogP contribution in [-0.2, 0) is 4.79 Å². The Labute approximate surface area is 178 Å². The number of nitrogens with one attached hydrogen (secondary N) is 1. The number of nitrogens with zero attached hydrogens (tertiary/aromatic N) is 5. The van der Waals surface area contributed by atoms with Crippen molar-refractivity contribution in [3.05, 3.63) is 42.0 Å². The molecule has 2 saturated heterocycles. The normalized spacial score (nSPS) is 20.9. The molecule has 160 valence electrons. The van der Waals surface area contributed by atoms with Crippen molar-refractivity contribution in [3.63, 3.8) is 0 Å². The number of hydrogen-bond acceptors (Lipinski definition) is 6. The van der Waals surface area contributed by atoms with Gasteiger partial charge in [0.05, 0.1) is 6.54 Å². The first-order valence-electron chi connectivity index (χ1n) is 11.1. The Morgan fingerprint density at radius 2 is 1.90 bits per heavy atom. The van der Waals surface area contributed by atoms with Crippen molar-refractivity contribution in [3.8, 4) is 0 Å². The van der Waals surface area contributed by atoms with Crippen molar-refractivity contribution in [1.29, 1.82) is 0 Å². The van der Waals surface area contributed by atoms with Crippen LogP contribution in [0.3, 0.4) is 0 Å². The summed E-state index contributed by atoms with van der Waals surface area (Å²) in [6.07, 6.45) is 7.90. The van der Waals surface area contributed by atoms with E-state index >= 15 is 0 Å². The summed E-state index contributed by atoms with van der Waals surface area (Å²) in [5, 5.41) is 3.28. The minimum atomic E-state index is 0.281. The van der Waals surface area contributed by atoms with E-state index in [9.17, 15) is 4.79 Å². The van der Waals surface area contributed by atoms with Gasteiger partial charge in [0.25, 0.3) is 0 Å². The molecule has 7 heteroatoms. The predicted molar refractivity (Wildman–Crippen MR) is 118 cm³/mol. The lowest BCUT2D eigenvalue weighted by atomic mass is 9.93. The molecule has 0 bridgehead atoms. The highest BCUT2D eigenvalue weighted by atomic mass is 16.2. The largest absolute Gasteiger partial charge is 0.342 e. The molecule has 1 amide bonds. The Hall–Kier alpha value is -2.54. The van der Waals surface area contributed by atoms with E-state index in [0.717, 1.165) is 74.9 Å². The number of hydrogen-bond donors (Lipinski definition) is 1. The lowest BCUT2D eigenvalue weighted by molar-refractivity contribution is -0.134. The number of carbonyl (C=O) groups excluding carboxylic acids is 1. The molecule has 30 heavy (non-hydrogen) atoms. The fourth-order valence-corrected chi connectivity index (χ4v) is 4.46. The number of rotatable bonds is 5. The maximum absolute atomic E-state index is 12.8. The number of likely N-dealkylation sites (tertiary alicyclic amines) is 2. The highest BCUT2D eigenvalue weighted by Gasteiger charge is 2.27. The van der Waals surface area contributed by atoms with Crippen molar-refractivity contribution >= 4 is 17.5 Å². The molecule has 1 unspecified atom stereocenters. The van der Waals surface area contributed by atoms with Crippen molar-refractivity contribution in [2.45, 2.75) is 45.4 Å². The van der Waals surface area contributed by atoms with Crippen LogP contribution in [0.25, 0.3) is 0 Å². The molecule has 4 rings (SSSR count). The molecule has 2 aliphatic rings. The van der Waals surface area contributed by atoms with Gasteiger partial charge in [-0.1, -0.05) is 6.92 Å². The van der Waals surface area contributed by atoms with Crippen LogP contribution in [-0.4, -0.2) is 63.4 Å². The van der Waals surface area contributed by atoms with E-state index in [1.165, 1.54) is 0 Å². The fourth-order valence-electron chi connectivity index (χ4n) is 4.46. The number of aromatic nitrogens is 3. The van der Waals surface area contributed by atoms with Crippen LogP contribution >= 0.6 is 0 Å². The summed E-state index contributed by atoms with van der Waals surface area (Å²) in [4.78, 5) is 30.4. The Bertz CT molecular complexity index is 850. The number of anilines is 2. The molecule has 0 spiro atoms. The van der Waals surface area contributed by atoms with Gasteiger partial charge in [-0.3, -0.25) is 14.7 Å². The zero-order valence-electron chi connectivity index (χ0n) is 18.0. The van der Waals surface area contributed by atoms with Gasteiger partial charge in [0.1, 0.15) is 0 Å². The van der Waals surface area contributed by atoms with Crippen molar-refractivity contribution in [2.24, 2.45) is 5.92 Å². The van der Waals surface area contributed by atoms with Crippen molar-refractivity contribution in [2.75, 3.05) is 38.0 Å². The molecule has 2 fully saturated rings. The molecule has 2 aromatic rings. The maximum atomic E-state index is 12.8. The molecule has 1 N–H and O–H groups in total. The van der Waals surface area contributed by atoms with Gasteiger partial charge >= 0.3 is 0 Å². The Kier molecular flexibility index (Phi) is 6.57. The number of aryl methyl sites for hydroxylation is 1. The summed E-state index contributed by atoms with van der Waals surface area (Å²) in [7, 11) is 0. The molecule has 4 heterocycles. The van der Waals surface area contributed by atoms with Crippen LogP contribution in [0, 0.1) is 12.8 Å². The zero-order valence-corrected chi connectivity index (χ0v) is 18.0. The van der Waals surface area contributed by atoms with Crippen molar-refractivity contribution < 1.29 is 4.79 Å². The quantitative estimate of drug-likeness (QED) is 0.818. The van der Waals surface area contributed by atoms with Gasteiger partial charge in [-0.25, -0.2) is 9.97 Å². The number of piperidine rings is 2. The van der Waals surface area contributed by atoms with Gasteiger partial charge in [-0.05, 0) is 63.3 Å². The summed E-state index contributed by atoms with van der Waals surface area (Å²) in [5.74, 6) is 1.94. The molecule has 0 aliphatic carbocycles. The Morgan fingerprint density at radius 1 is 1.13 bits per heavy atom. The molecule has 2 aliphatic heterocycles. The second kappa shape index (κ2) is 9.51. The first kappa shape index (κ1) is 20.7. The number of carbonyl (C=O) groups is 1. The summed E-state index contributed by atoms with van der Waals surface area (Å²) >= 11 is 0. The van der Waals surface area contributed by atoms with Crippen LogP contribution in [0.15, 0.2) is 30.6 Å². The van der Waals surface area contributed by atoms with Gasteiger partial charge < -0.3 is 10.2 Å². The Morgan fingerprint density at radius 3 is 2.67 bits per heavy atom. The molecule has 2 aromatic heterocycles. The smallest absolute Gasteiger partial charge is 0.236 e. The zero-order chi connectivity index (χ0) is 20.9. The highest BCUT2D eigenvalue weighted by molar-refractivity contribution is 5.78. The predicted octanol–water partition coefficient (Wildman–Crippen LogP) is 3.36. The van der Waals surface area contributed by atoms with E-state index in [2.05, 4.69) is 38.1 Å². The van der Waals surface area contributed by atoms with E-state index in [-0.39, 0.29) is 5.91 Å². The molecular formula is C23H32N6O. The van der Waals surface area contributed by atoms with Gasteiger partial charge in [0.15, 0.2) is 0 Å². The third-order valence-corrected chi connectivity index (χ3v) is 6.21. The maximum Gasteiger partial charge on any atom is 0.236 e. The Balaban J connectivity index is 1.39. The first-order chi connectivity index (χ1) is 14.6. The van der Waals surface area contributed by atoms with E-state index in [4.69, 9.17) is 4.98 Å². The van der Waals surface area contributed by atoms with Crippen LogP contribution in [0.4, 0.5) is 11.6 Å². The summed E-state index contributed by atoms with van der Waals surface area (Å²) in [6, 6.07) is 5.92. The van der Waals surface area contributed by atoms with Gasteiger partial charge in [-0.2, -0.15) is 0 Å². The monoisotopic (exact) mass is 408 g/mol. The van der Waals surface area contributed by atoms with Crippen LogP contribution < -0.4 is 5.32 Å². The molecule has 0 aromatic carbocycles. The molecule has 0 saturated carbocycles. The average molecular weight is 409 g/mol. The lowest BCUT2D eigenvalue weighted by Crippen LogP contribution is -2.46. The summed E-state index contributed by atoms with van der Waals surface area (Å²) in [6.45, 7) is 8.51. The highest BCUT2D eigenvalue weighted by Crippen LogP contribution is 2.28. The SMILES string of the molecule is Cc1cc(Nc2ncccn2)cc(C2CCCN(CC(=O)N3CCC(C)CC3)C2)n1. The number of pyridine rings is 1. The first-order valence-corrected chi connectivity index (χ1v) is 11.1. The molecule has 1 atom stereocenters. The molecule has 7 nitrogen and oxygen atoms in total. The topological polar surface area (TPSA) is 74.2 Å². The van der Waals surface area contributed by atoms with E-state index in [1.54, 1.807) is 18.5 Å². The van der Waals surface area contributed by atoms with Crippen LogP contribution in [0.5, 0.6) is 0 Å². The summed E-state index contributed by atoms with van der Waals surface area (Å²) < 4.78 is 0. The van der Waals surface area contributed by atoms with Gasteiger partial charge in [0.2, 0.25) is 11.9 Å². The third-order valence-electron chi connectivity index (χ3n) is 6.21. The molecule has 0 radical (unpaired) electrons. The van der Waals surface area contributed by atoms with Crippen molar-refractivity contribution in [1.82, 2.24) is 24.8 Å². The lowest BCUT2D eigenvalue weighted by Gasteiger charge is -2.35. The standard InChI is InChI=1S/C23H32N6O/c1-17-6-11-29(12-7-17)22(30)16-28-10-3-5-19(15-28)21-14-20(13-18(2)26-21)27-23-24-8-4-9-25-23/h4,8-9,13-14,17,19H,3,5-7,10-12,15-16H2,1-2H3,(H,24,25,26,27). The van der Waals surface area contributed by atoms with Crippen LogP contribution in [0.1, 0.15) is 49.9 Å². The van der Waals surface area contributed by atoms with Gasteiger partial charge in [-0.15, -0.1) is 0 Å². The third kappa shape index (κ3) is 5.33. The van der Waals surface area contributed by atoms with E-state index < -0.39 is 0 Å². The fraction of sp³-hybridized carbons (Fsp3) is 0.565. The minimum Gasteiger partial charge on any atom is -0.342 e. The minimum absolute atomic E-state index is 0.281.